The van der Waals surface area contributed by atoms with Gasteiger partial charge in [-0.25, -0.2) is 13.2 Å². The van der Waals surface area contributed by atoms with E-state index in [2.05, 4.69) is 27.8 Å². The zero-order valence-corrected chi connectivity index (χ0v) is 12.0. The van der Waals surface area contributed by atoms with Crippen LogP contribution in [0, 0.1) is 11.8 Å². The number of carboxylic acid groups (broad SMARTS) is 1. The molecule has 0 aliphatic carbocycles. The molecule has 1 aromatic rings. The number of carboxylic acids is 1. The standard InChI is InChI=1S/C12H11BrO4S/c1-2-3-4-7-18(16,17)11-8-9(12(14)15)5-6-10(11)13/h5-6,8H,4,7H2,1H3,(H,14,15). The van der Waals surface area contributed by atoms with Crippen LogP contribution in [-0.4, -0.2) is 25.2 Å². The van der Waals surface area contributed by atoms with Gasteiger partial charge in [0.2, 0.25) is 0 Å². The van der Waals surface area contributed by atoms with Crippen LogP contribution in [0.1, 0.15) is 23.7 Å². The first-order valence-electron chi connectivity index (χ1n) is 5.03. The molecule has 0 bridgehead atoms. The van der Waals surface area contributed by atoms with E-state index in [1.165, 1.54) is 12.1 Å². The average molecular weight is 331 g/mol. The molecular formula is C12H11BrO4S. The van der Waals surface area contributed by atoms with Crippen molar-refractivity contribution in [3.63, 3.8) is 0 Å². The maximum absolute atomic E-state index is 12.0. The molecule has 0 spiro atoms. The van der Waals surface area contributed by atoms with Crippen molar-refractivity contribution >= 4 is 31.7 Å². The third kappa shape index (κ3) is 3.59. The molecule has 6 heteroatoms. The summed E-state index contributed by atoms with van der Waals surface area (Å²) in [6.45, 7) is 1.63. The number of hydrogen-bond donors (Lipinski definition) is 1. The zero-order valence-electron chi connectivity index (χ0n) is 9.60. The van der Waals surface area contributed by atoms with Crippen LogP contribution in [0.15, 0.2) is 27.6 Å². The van der Waals surface area contributed by atoms with Gasteiger partial charge >= 0.3 is 5.97 Å². The molecule has 0 saturated heterocycles. The van der Waals surface area contributed by atoms with Crippen molar-refractivity contribution in [2.45, 2.75) is 18.2 Å². The molecule has 1 aromatic carbocycles. The SMILES string of the molecule is CC#CCCS(=O)(=O)c1cc(C(=O)O)ccc1Br. The van der Waals surface area contributed by atoms with Crippen LogP contribution < -0.4 is 0 Å². The quantitative estimate of drug-likeness (QED) is 0.860. The van der Waals surface area contributed by atoms with E-state index in [9.17, 15) is 13.2 Å². The summed E-state index contributed by atoms with van der Waals surface area (Å²) in [5.74, 6) is 4.00. The maximum atomic E-state index is 12.0. The number of sulfone groups is 1. The van der Waals surface area contributed by atoms with Gasteiger partial charge in [0.15, 0.2) is 9.84 Å². The Morgan fingerprint density at radius 1 is 1.44 bits per heavy atom. The molecule has 0 amide bonds. The van der Waals surface area contributed by atoms with Crippen LogP contribution in [0.25, 0.3) is 0 Å². The number of carbonyl (C=O) groups is 1. The van der Waals surface area contributed by atoms with Crippen molar-refractivity contribution in [3.05, 3.63) is 28.2 Å². The van der Waals surface area contributed by atoms with Gasteiger partial charge in [-0.1, -0.05) is 0 Å². The molecule has 0 unspecified atom stereocenters. The van der Waals surface area contributed by atoms with Crippen molar-refractivity contribution in [3.8, 4) is 11.8 Å². The fourth-order valence-corrected chi connectivity index (χ4v) is 3.54. The fraction of sp³-hybridized carbons (Fsp3) is 0.250. The second-order valence-electron chi connectivity index (χ2n) is 3.45. The summed E-state index contributed by atoms with van der Waals surface area (Å²) in [7, 11) is -3.53. The van der Waals surface area contributed by atoms with Crippen LogP contribution in [0.5, 0.6) is 0 Å². The average Bonchev–Trinajstić information content (AvgIpc) is 2.29. The number of benzene rings is 1. The van der Waals surface area contributed by atoms with E-state index in [0.29, 0.717) is 4.47 Å². The molecule has 1 N–H and O–H groups in total. The predicted octanol–water partition coefficient (Wildman–Crippen LogP) is 2.33. The molecule has 0 fully saturated rings. The van der Waals surface area contributed by atoms with E-state index in [0.717, 1.165) is 6.07 Å². The normalized spacial score (nSPS) is 10.6. The highest BCUT2D eigenvalue weighted by Crippen LogP contribution is 2.24. The third-order valence-electron chi connectivity index (χ3n) is 2.19. The second kappa shape index (κ2) is 6.03. The second-order valence-corrected chi connectivity index (χ2v) is 6.38. The van der Waals surface area contributed by atoms with Gasteiger partial charge < -0.3 is 5.11 Å². The lowest BCUT2D eigenvalue weighted by atomic mass is 10.2. The molecule has 96 valence electrons. The lowest BCUT2D eigenvalue weighted by molar-refractivity contribution is 0.0696. The van der Waals surface area contributed by atoms with Crippen LogP contribution in [0.2, 0.25) is 0 Å². The number of rotatable bonds is 4. The first-order valence-corrected chi connectivity index (χ1v) is 7.48. The van der Waals surface area contributed by atoms with Crippen LogP contribution in [0.4, 0.5) is 0 Å². The van der Waals surface area contributed by atoms with Crippen LogP contribution in [0.3, 0.4) is 0 Å². The Kier molecular flexibility index (Phi) is 4.93. The van der Waals surface area contributed by atoms with Gasteiger partial charge in [0, 0.05) is 10.9 Å². The third-order valence-corrected chi connectivity index (χ3v) is 4.89. The van der Waals surface area contributed by atoms with E-state index in [1.54, 1.807) is 6.92 Å². The number of hydrogen-bond acceptors (Lipinski definition) is 3. The first-order chi connectivity index (χ1) is 8.38. The van der Waals surface area contributed by atoms with Gasteiger partial charge in [-0.05, 0) is 41.1 Å². The van der Waals surface area contributed by atoms with E-state index in [4.69, 9.17) is 5.11 Å². The molecule has 0 saturated carbocycles. The molecule has 0 radical (unpaired) electrons. The highest BCUT2D eigenvalue weighted by molar-refractivity contribution is 9.10. The molecule has 0 aromatic heterocycles. The summed E-state index contributed by atoms with van der Waals surface area (Å²) in [6, 6.07) is 3.92. The molecule has 0 aliphatic heterocycles. The zero-order chi connectivity index (χ0) is 13.8. The highest BCUT2D eigenvalue weighted by atomic mass is 79.9. The van der Waals surface area contributed by atoms with Crippen molar-refractivity contribution in [2.24, 2.45) is 0 Å². The summed E-state index contributed by atoms with van der Waals surface area (Å²) >= 11 is 3.12. The minimum atomic E-state index is -3.53. The van der Waals surface area contributed by atoms with Crippen LogP contribution >= 0.6 is 15.9 Å². The largest absolute Gasteiger partial charge is 0.478 e. The molecule has 4 nitrogen and oxygen atoms in total. The molecule has 1 rings (SSSR count). The Balaban J connectivity index is 3.17. The van der Waals surface area contributed by atoms with Crippen LogP contribution in [-0.2, 0) is 9.84 Å². The molecular weight excluding hydrogens is 320 g/mol. The topological polar surface area (TPSA) is 71.4 Å². The lowest BCUT2D eigenvalue weighted by Crippen LogP contribution is -2.09. The van der Waals surface area contributed by atoms with Crippen molar-refractivity contribution in [1.29, 1.82) is 0 Å². The van der Waals surface area contributed by atoms with Crippen molar-refractivity contribution in [1.82, 2.24) is 0 Å². The predicted molar refractivity (Wildman–Crippen MR) is 71.2 cm³/mol. The summed E-state index contributed by atoms with van der Waals surface area (Å²) < 4.78 is 24.4. The van der Waals surface area contributed by atoms with Gasteiger partial charge in [-0.15, -0.1) is 11.8 Å². The van der Waals surface area contributed by atoms with Gasteiger partial charge in [0.05, 0.1) is 16.2 Å². The Morgan fingerprint density at radius 3 is 2.67 bits per heavy atom. The van der Waals surface area contributed by atoms with E-state index < -0.39 is 15.8 Å². The maximum Gasteiger partial charge on any atom is 0.335 e. The Morgan fingerprint density at radius 2 is 2.11 bits per heavy atom. The fourth-order valence-electron chi connectivity index (χ4n) is 1.30. The molecule has 18 heavy (non-hydrogen) atoms. The summed E-state index contributed by atoms with van der Waals surface area (Å²) in [4.78, 5) is 10.8. The van der Waals surface area contributed by atoms with E-state index in [-0.39, 0.29) is 22.6 Å². The molecule has 0 atom stereocenters. The monoisotopic (exact) mass is 330 g/mol. The van der Waals surface area contributed by atoms with Gasteiger partial charge in [0.1, 0.15) is 0 Å². The summed E-state index contributed by atoms with van der Waals surface area (Å²) in [6.07, 6.45) is 0.225. The smallest absolute Gasteiger partial charge is 0.335 e. The lowest BCUT2D eigenvalue weighted by Gasteiger charge is -2.06. The summed E-state index contributed by atoms with van der Waals surface area (Å²) in [5, 5.41) is 8.85. The Bertz CT molecular complexity index is 623. The minimum Gasteiger partial charge on any atom is -0.478 e. The van der Waals surface area contributed by atoms with Crippen molar-refractivity contribution in [2.75, 3.05) is 5.75 Å². The van der Waals surface area contributed by atoms with Gasteiger partial charge in [0.25, 0.3) is 0 Å². The van der Waals surface area contributed by atoms with Crippen molar-refractivity contribution < 1.29 is 18.3 Å². The Labute approximate surface area is 114 Å². The van der Waals surface area contributed by atoms with E-state index in [1.807, 2.05) is 0 Å². The minimum absolute atomic E-state index is 0.0136. The Hall–Kier alpha value is -1.32. The highest BCUT2D eigenvalue weighted by Gasteiger charge is 2.19. The van der Waals surface area contributed by atoms with Gasteiger partial charge in [-0.3, -0.25) is 0 Å². The number of halogens is 1. The van der Waals surface area contributed by atoms with Gasteiger partial charge in [-0.2, -0.15) is 0 Å². The van der Waals surface area contributed by atoms with E-state index >= 15 is 0 Å². The molecule has 0 aliphatic rings. The molecule has 0 heterocycles. The first kappa shape index (κ1) is 14.7. The number of aromatic carboxylic acids is 1. The summed E-state index contributed by atoms with van der Waals surface area (Å²) in [5.41, 5.74) is -0.0571.